The first-order valence-corrected chi connectivity index (χ1v) is 16.8. The lowest BCUT2D eigenvalue weighted by Gasteiger charge is -2.49. The maximum Gasteiger partial charge on any atom is 0.174 e. The third-order valence-corrected chi connectivity index (χ3v) is 9.76. The number of Topliss-reactive ketones (excluding diaryl/α,β-unsaturated/α-hetero) is 2. The highest BCUT2D eigenvalue weighted by Gasteiger charge is 2.49. The molecular formula is C35H41BrINO4. The monoisotopic (exact) mass is 745 g/mol. The van der Waals surface area contributed by atoms with Crippen molar-refractivity contribution in [1.82, 2.24) is 4.90 Å². The minimum absolute atomic E-state index is 0.131. The number of ether oxygens (including phenoxy) is 2. The molecule has 2 aromatic rings. The quantitative estimate of drug-likeness (QED) is 0.253. The highest BCUT2D eigenvalue weighted by Crippen LogP contribution is 2.55. The average Bonchev–Trinajstić information content (AvgIpc) is 2.88. The van der Waals surface area contributed by atoms with Gasteiger partial charge in [-0.2, -0.15) is 0 Å². The van der Waals surface area contributed by atoms with Crippen molar-refractivity contribution in [3.63, 3.8) is 0 Å². The zero-order chi connectivity index (χ0) is 30.4. The smallest absolute Gasteiger partial charge is 0.174 e. The summed E-state index contributed by atoms with van der Waals surface area (Å²) in [4.78, 5) is 30.5. The molecule has 0 amide bonds. The van der Waals surface area contributed by atoms with Crippen LogP contribution in [0.15, 0.2) is 63.4 Å². The fourth-order valence-corrected chi connectivity index (χ4v) is 7.81. The van der Waals surface area contributed by atoms with E-state index in [0.717, 1.165) is 67.5 Å². The number of hydrogen-bond acceptors (Lipinski definition) is 5. The van der Waals surface area contributed by atoms with E-state index in [2.05, 4.69) is 84.1 Å². The lowest BCUT2D eigenvalue weighted by atomic mass is 9.63. The highest BCUT2D eigenvalue weighted by molar-refractivity contribution is 14.1. The molecule has 42 heavy (non-hydrogen) atoms. The topological polar surface area (TPSA) is 55.8 Å². The van der Waals surface area contributed by atoms with Crippen molar-refractivity contribution in [2.45, 2.75) is 86.2 Å². The lowest BCUT2D eigenvalue weighted by molar-refractivity contribution is -0.119. The number of rotatable bonds is 8. The standard InChI is InChI=1S/C35H41BrINO4/c1-7-13-38-25-16-34(3,4)18-27(39)31(25)30(32-26(38)17-35(5,6)19-28(32)40)22-14-24(37)33(29(15-22)41-8-2)42-20-21-9-11-23(36)12-10-21/h9-12,14-15,30H,7-8,13,16-20H2,1-6H3. The molecule has 0 bridgehead atoms. The van der Waals surface area contributed by atoms with E-state index in [1.165, 1.54) is 0 Å². The van der Waals surface area contributed by atoms with Crippen LogP contribution >= 0.6 is 38.5 Å². The summed E-state index contributed by atoms with van der Waals surface area (Å²) in [5.74, 6) is 1.23. The van der Waals surface area contributed by atoms with Gasteiger partial charge in [-0.05, 0) is 95.0 Å². The summed E-state index contributed by atoms with van der Waals surface area (Å²) in [6.45, 7) is 14.5. The summed E-state index contributed by atoms with van der Waals surface area (Å²) >= 11 is 5.80. The Balaban J connectivity index is 1.66. The van der Waals surface area contributed by atoms with E-state index in [1.54, 1.807) is 0 Å². The van der Waals surface area contributed by atoms with Crippen molar-refractivity contribution in [2.75, 3.05) is 13.2 Å². The molecule has 0 atom stereocenters. The number of carbonyl (C=O) groups is 2. The molecule has 2 aliphatic carbocycles. The Kier molecular flexibility index (Phi) is 9.02. The maximum atomic E-state index is 14.1. The first kappa shape index (κ1) is 31.3. The molecule has 0 N–H and O–H groups in total. The van der Waals surface area contributed by atoms with Gasteiger partial charge in [0.15, 0.2) is 23.1 Å². The number of ketones is 2. The fraction of sp³-hybridized carbons (Fsp3) is 0.486. The molecule has 3 aliphatic rings. The Bertz CT molecular complexity index is 1420. The fourth-order valence-electron chi connectivity index (χ4n) is 6.77. The third kappa shape index (κ3) is 6.23. The Morgan fingerprint density at radius 3 is 1.98 bits per heavy atom. The molecule has 0 saturated carbocycles. The van der Waals surface area contributed by atoms with Gasteiger partial charge >= 0.3 is 0 Å². The van der Waals surface area contributed by atoms with Crippen molar-refractivity contribution in [3.05, 3.63) is 78.1 Å². The number of allylic oxidation sites excluding steroid dienone is 4. The number of carbonyl (C=O) groups excluding carboxylic acids is 2. The van der Waals surface area contributed by atoms with Gasteiger partial charge in [0.05, 0.1) is 10.2 Å². The molecule has 0 saturated heterocycles. The number of hydrogen-bond donors (Lipinski definition) is 0. The molecule has 5 rings (SSSR count). The van der Waals surface area contributed by atoms with E-state index >= 15 is 0 Å². The van der Waals surface area contributed by atoms with Crippen molar-refractivity contribution in [1.29, 1.82) is 0 Å². The van der Waals surface area contributed by atoms with Gasteiger partial charge in [0.2, 0.25) is 0 Å². The van der Waals surface area contributed by atoms with E-state index in [-0.39, 0.29) is 22.4 Å². The van der Waals surface area contributed by atoms with Crippen LogP contribution < -0.4 is 9.47 Å². The van der Waals surface area contributed by atoms with E-state index in [1.807, 2.05) is 37.3 Å². The van der Waals surface area contributed by atoms with Crippen LogP contribution in [0.5, 0.6) is 11.5 Å². The van der Waals surface area contributed by atoms with Crippen LogP contribution in [0.4, 0.5) is 0 Å². The minimum atomic E-state index is -0.399. The first-order chi connectivity index (χ1) is 19.8. The summed E-state index contributed by atoms with van der Waals surface area (Å²) in [5.41, 5.74) is 5.54. The van der Waals surface area contributed by atoms with E-state index in [4.69, 9.17) is 9.47 Å². The van der Waals surface area contributed by atoms with Gasteiger partial charge < -0.3 is 14.4 Å². The van der Waals surface area contributed by atoms with Crippen LogP contribution in [0.2, 0.25) is 0 Å². The van der Waals surface area contributed by atoms with Crippen molar-refractivity contribution >= 4 is 50.1 Å². The second kappa shape index (κ2) is 12.1. The van der Waals surface area contributed by atoms with Crippen molar-refractivity contribution in [2.24, 2.45) is 10.8 Å². The molecule has 0 spiro atoms. The number of halogens is 2. The van der Waals surface area contributed by atoms with Crippen LogP contribution in [0, 0.1) is 14.4 Å². The normalized spacial score (nSPS) is 20.0. The van der Waals surface area contributed by atoms with Gasteiger partial charge in [0.25, 0.3) is 0 Å². The Labute approximate surface area is 272 Å². The van der Waals surface area contributed by atoms with Gasteiger partial charge in [-0.15, -0.1) is 0 Å². The Morgan fingerprint density at radius 1 is 0.881 bits per heavy atom. The molecule has 5 nitrogen and oxygen atoms in total. The SMILES string of the molecule is CCCN1C2=C(C(=O)CC(C)(C)C2)C(c2cc(I)c(OCc3ccc(Br)cc3)c(OCC)c2)C2=C1CC(C)(C)CC2=O. The van der Waals surface area contributed by atoms with Crippen LogP contribution in [0.3, 0.4) is 0 Å². The second-order valence-electron chi connectivity index (χ2n) is 13.4. The molecule has 1 aliphatic heterocycles. The minimum Gasteiger partial charge on any atom is -0.490 e. The van der Waals surface area contributed by atoms with Gasteiger partial charge in [0.1, 0.15) is 6.61 Å². The zero-order valence-corrected chi connectivity index (χ0v) is 29.3. The first-order valence-electron chi connectivity index (χ1n) is 15.0. The van der Waals surface area contributed by atoms with Crippen LogP contribution in [0.25, 0.3) is 0 Å². The summed E-state index contributed by atoms with van der Waals surface area (Å²) in [6, 6.07) is 12.2. The Hall–Kier alpha value is -2.13. The molecule has 2 aromatic carbocycles. The maximum absolute atomic E-state index is 14.1. The number of benzene rings is 2. The summed E-state index contributed by atoms with van der Waals surface area (Å²) in [6.07, 6.45) is 3.54. The van der Waals surface area contributed by atoms with Crippen LogP contribution in [-0.4, -0.2) is 29.6 Å². The summed E-state index contributed by atoms with van der Waals surface area (Å²) in [7, 11) is 0. The van der Waals surface area contributed by atoms with Crippen LogP contribution in [-0.2, 0) is 16.2 Å². The van der Waals surface area contributed by atoms with Gasteiger partial charge in [-0.25, -0.2) is 0 Å². The third-order valence-electron chi connectivity index (χ3n) is 8.43. The second-order valence-corrected chi connectivity index (χ2v) is 15.4. The molecule has 0 aromatic heterocycles. The lowest BCUT2D eigenvalue weighted by Crippen LogP contribution is -2.44. The van der Waals surface area contributed by atoms with E-state index < -0.39 is 5.92 Å². The number of nitrogens with zero attached hydrogens (tertiary/aromatic N) is 1. The predicted molar refractivity (Wildman–Crippen MR) is 179 cm³/mol. The summed E-state index contributed by atoms with van der Waals surface area (Å²) < 4.78 is 14.4. The summed E-state index contributed by atoms with van der Waals surface area (Å²) in [5, 5.41) is 0. The van der Waals surface area contributed by atoms with Gasteiger partial charge in [-0.1, -0.05) is 62.7 Å². The highest BCUT2D eigenvalue weighted by atomic mass is 127. The largest absolute Gasteiger partial charge is 0.490 e. The molecule has 0 fully saturated rings. The van der Waals surface area contributed by atoms with E-state index in [0.29, 0.717) is 37.6 Å². The Morgan fingerprint density at radius 2 is 1.45 bits per heavy atom. The molecule has 0 radical (unpaired) electrons. The van der Waals surface area contributed by atoms with Crippen molar-refractivity contribution < 1.29 is 19.1 Å². The molecular weight excluding hydrogens is 705 g/mol. The molecule has 0 unspecified atom stereocenters. The average molecular weight is 747 g/mol. The predicted octanol–water partition coefficient (Wildman–Crippen LogP) is 9.13. The molecule has 7 heteroatoms. The molecule has 224 valence electrons. The molecule has 1 heterocycles. The van der Waals surface area contributed by atoms with E-state index in [9.17, 15) is 9.59 Å². The van der Waals surface area contributed by atoms with Gasteiger partial charge in [0, 0.05) is 52.3 Å². The van der Waals surface area contributed by atoms with Crippen molar-refractivity contribution in [3.8, 4) is 11.5 Å². The zero-order valence-electron chi connectivity index (χ0n) is 25.5. The van der Waals surface area contributed by atoms with Gasteiger partial charge in [-0.3, -0.25) is 9.59 Å². The van der Waals surface area contributed by atoms with Crippen LogP contribution in [0.1, 0.15) is 90.7 Å².